The molecule has 0 aliphatic carbocycles. The molecule has 1 aliphatic rings. The molecular weight excluding hydrogens is 222 g/mol. The van der Waals surface area contributed by atoms with E-state index in [1.165, 1.54) is 11.8 Å². The fourth-order valence-electron chi connectivity index (χ4n) is 2.25. The van der Waals surface area contributed by atoms with Crippen LogP contribution in [-0.4, -0.2) is 32.1 Å². The second-order valence-corrected chi connectivity index (χ2v) is 6.33. The topological polar surface area (TPSA) is 37.4 Å². The lowest BCUT2D eigenvalue weighted by molar-refractivity contribution is 0.321. The molecule has 88 valence electrons. The normalized spacial score (nSPS) is 19.8. The average Bonchev–Trinajstić information content (AvgIpc) is 2.29. The molecule has 1 heterocycles. The number of hydrogen-bond acceptors (Lipinski definition) is 2. The number of benzene rings is 1. The molecule has 0 unspecified atom stereocenters. The highest BCUT2D eigenvalue weighted by Crippen LogP contribution is 2.28. The lowest BCUT2D eigenvalue weighted by atomic mass is 9.90. The highest BCUT2D eigenvalue weighted by Gasteiger charge is 2.25. The Hall–Kier alpha value is -0.870. The van der Waals surface area contributed by atoms with Gasteiger partial charge in [-0.15, -0.1) is 0 Å². The van der Waals surface area contributed by atoms with Crippen molar-refractivity contribution in [2.24, 2.45) is 0 Å². The summed E-state index contributed by atoms with van der Waals surface area (Å²) in [6.45, 7) is 1.30. The first-order valence-electron chi connectivity index (χ1n) is 5.57. The molecule has 2 rings (SSSR count). The highest BCUT2D eigenvalue weighted by atomic mass is 32.2. The van der Waals surface area contributed by atoms with Gasteiger partial charge in [-0.05, 0) is 24.3 Å². The van der Waals surface area contributed by atoms with Crippen LogP contribution in [0.2, 0.25) is 0 Å². The second-order valence-electron chi connectivity index (χ2n) is 4.35. The summed E-state index contributed by atoms with van der Waals surface area (Å²) in [5, 5.41) is 0. The van der Waals surface area contributed by atoms with Crippen LogP contribution in [0.25, 0.3) is 0 Å². The van der Waals surface area contributed by atoms with Gasteiger partial charge in [0.25, 0.3) is 0 Å². The van der Waals surface area contributed by atoms with Crippen LogP contribution in [0.15, 0.2) is 30.3 Å². The van der Waals surface area contributed by atoms with Crippen LogP contribution in [0.5, 0.6) is 0 Å². The number of sulfonamides is 1. The number of hydrogen-bond donors (Lipinski definition) is 0. The van der Waals surface area contributed by atoms with Crippen molar-refractivity contribution in [2.45, 2.75) is 18.8 Å². The van der Waals surface area contributed by atoms with Crippen LogP contribution in [-0.2, 0) is 10.0 Å². The van der Waals surface area contributed by atoms with Gasteiger partial charge in [0.15, 0.2) is 0 Å². The molecule has 0 aromatic heterocycles. The molecule has 0 radical (unpaired) electrons. The van der Waals surface area contributed by atoms with Gasteiger partial charge >= 0.3 is 0 Å². The van der Waals surface area contributed by atoms with Crippen LogP contribution < -0.4 is 0 Å². The smallest absolute Gasteiger partial charge is 0.211 e. The Morgan fingerprint density at radius 1 is 1.12 bits per heavy atom. The molecule has 0 atom stereocenters. The molecule has 3 nitrogen and oxygen atoms in total. The van der Waals surface area contributed by atoms with Crippen LogP contribution in [0, 0.1) is 0 Å². The fraction of sp³-hybridized carbons (Fsp3) is 0.500. The van der Waals surface area contributed by atoms with E-state index in [1.807, 2.05) is 18.2 Å². The maximum atomic E-state index is 11.4. The van der Waals surface area contributed by atoms with E-state index in [-0.39, 0.29) is 0 Å². The standard InChI is InChI=1S/C12H17NO2S/c1-16(14,15)13-9-7-12(8-10-13)11-5-3-2-4-6-11/h2-6,12H,7-10H2,1H3. The van der Waals surface area contributed by atoms with Crippen LogP contribution in [0.1, 0.15) is 24.3 Å². The third-order valence-electron chi connectivity index (χ3n) is 3.19. The van der Waals surface area contributed by atoms with Crippen molar-refractivity contribution in [3.05, 3.63) is 35.9 Å². The summed E-state index contributed by atoms with van der Waals surface area (Å²) in [5.74, 6) is 0.513. The molecular formula is C12H17NO2S. The molecule has 1 aromatic rings. The highest BCUT2D eigenvalue weighted by molar-refractivity contribution is 7.88. The van der Waals surface area contributed by atoms with Gasteiger partial charge in [0.1, 0.15) is 0 Å². The van der Waals surface area contributed by atoms with E-state index in [0.29, 0.717) is 19.0 Å². The van der Waals surface area contributed by atoms with Gasteiger partial charge in [0, 0.05) is 13.1 Å². The van der Waals surface area contributed by atoms with Crippen molar-refractivity contribution in [1.82, 2.24) is 4.31 Å². The van der Waals surface area contributed by atoms with Gasteiger partial charge in [-0.1, -0.05) is 30.3 Å². The SMILES string of the molecule is CS(=O)(=O)N1CCC(c2ccccc2)CC1. The largest absolute Gasteiger partial charge is 0.213 e. The number of piperidine rings is 1. The summed E-state index contributed by atoms with van der Waals surface area (Å²) in [5.41, 5.74) is 1.33. The Balaban J connectivity index is 2.01. The van der Waals surface area contributed by atoms with E-state index in [9.17, 15) is 8.42 Å². The van der Waals surface area contributed by atoms with Crippen molar-refractivity contribution in [1.29, 1.82) is 0 Å². The molecule has 1 aromatic carbocycles. The van der Waals surface area contributed by atoms with Gasteiger partial charge in [-0.2, -0.15) is 0 Å². The maximum absolute atomic E-state index is 11.4. The number of nitrogens with zero attached hydrogens (tertiary/aromatic N) is 1. The molecule has 0 amide bonds. The van der Waals surface area contributed by atoms with E-state index < -0.39 is 10.0 Å². The van der Waals surface area contributed by atoms with Crippen molar-refractivity contribution in [3.8, 4) is 0 Å². The average molecular weight is 239 g/mol. The van der Waals surface area contributed by atoms with Crippen LogP contribution >= 0.6 is 0 Å². The van der Waals surface area contributed by atoms with Crippen LogP contribution in [0.3, 0.4) is 0 Å². The molecule has 0 bridgehead atoms. The zero-order valence-electron chi connectivity index (χ0n) is 9.46. The van der Waals surface area contributed by atoms with Gasteiger partial charge in [-0.3, -0.25) is 0 Å². The summed E-state index contributed by atoms with van der Waals surface area (Å²) < 4.78 is 24.3. The Kier molecular flexibility index (Phi) is 3.30. The van der Waals surface area contributed by atoms with Gasteiger partial charge in [0.2, 0.25) is 10.0 Å². The molecule has 1 fully saturated rings. The predicted molar refractivity (Wildman–Crippen MR) is 64.8 cm³/mol. The van der Waals surface area contributed by atoms with E-state index in [0.717, 1.165) is 12.8 Å². The zero-order chi connectivity index (χ0) is 11.6. The quantitative estimate of drug-likeness (QED) is 0.789. The minimum absolute atomic E-state index is 0.513. The Morgan fingerprint density at radius 2 is 1.69 bits per heavy atom. The lowest BCUT2D eigenvalue weighted by Gasteiger charge is -2.30. The van der Waals surface area contributed by atoms with Crippen LogP contribution in [0.4, 0.5) is 0 Å². The third kappa shape index (κ3) is 2.62. The maximum Gasteiger partial charge on any atom is 0.211 e. The molecule has 1 aliphatic heterocycles. The van der Waals surface area contributed by atoms with Gasteiger partial charge in [-0.25, -0.2) is 12.7 Å². The molecule has 1 saturated heterocycles. The Morgan fingerprint density at radius 3 is 2.19 bits per heavy atom. The van der Waals surface area contributed by atoms with E-state index in [4.69, 9.17) is 0 Å². The monoisotopic (exact) mass is 239 g/mol. The first-order valence-corrected chi connectivity index (χ1v) is 7.42. The van der Waals surface area contributed by atoms with E-state index >= 15 is 0 Å². The molecule has 0 saturated carbocycles. The van der Waals surface area contributed by atoms with E-state index in [1.54, 1.807) is 4.31 Å². The second kappa shape index (κ2) is 4.55. The van der Waals surface area contributed by atoms with Gasteiger partial charge in [0.05, 0.1) is 6.26 Å². The van der Waals surface area contributed by atoms with Crippen molar-refractivity contribution < 1.29 is 8.42 Å². The molecule has 0 spiro atoms. The predicted octanol–water partition coefficient (Wildman–Crippen LogP) is 1.83. The Bertz CT molecular complexity index is 433. The molecule has 4 heteroatoms. The minimum atomic E-state index is -3.00. The summed E-state index contributed by atoms with van der Waals surface area (Å²) in [4.78, 5) is 0. The van der Waals surface area contributed by atoms with Crippen molar-refractivity contribution in [2.75, 3.05) is 19.3 Å². The lowest BCUT2D eigenvalue weighted by Crippen LogP contribution is -2.37. The fourth-order valence-corrected chi connectivity index (χ4v) is 3.12. The summed E-state index contributed by atoms with van der Waals surface area (Å²) in [7, 11) is -3.00. The van der Waals surface area contributed by atoms with E-state index in [2.05, 4.69) is 12.1 Å². The van der Waals surface area contributed by atoms with Crippen molar-refractivity contribution in [3.63, 3.8) is 0 Å². The third-order valence-corrected chi connectivity index (χ3v) is 4.50. The first kappa shape index (κ1) is 11.6. The summed E-state index contributed by atoms with van der Waals surface area (Å²) >= 11 is 0. The molecule has 16 heavy (non-hydrogen) atoms. The Labute approximate surface area is 97.1 Å². The summed E-state index contributed by atoms with van der Waals surface area (Å²) in [6.07, 6.45) is 3.14. The zero-order valence-corrected chi connectivity index (χ0v) is 10.3. The minimum Gasteiger partial charge on any atom is -0.213 e. The summed E-state index contributed by atoms with van der Waals surface area (Å²) in [6, 6.07) is 10.3. The van der Waals surface area contributed by atoms with Crippen molar-refractivity contribution >= 4 is 10.0 Å². The first-order chi connectivity index (χ1) is 7.57. The number of rotatable bonds is 2. The molecule has 0 N–H and O–H groups in total. The van der Waals surface area contributed by atoms with Gasteiger partial charge < -0.3 is 0 Å².